The Hall–Kier alpha value is -1.74. The highest BCUT2D eigenvalue weighted by Gasteiger charge is 2.12. The van der Waals surface area contributed by atoms with Crippen LogP contribution in [0.1, 0.15) is 21.5 Å². The largest absolute Gasteiger partial charge is 0.294 e. The van der Waals surface area contributed by atoms with Gasteiger partial charge in [-0.15, -0.1) is 0 Å². The number of halogens is 2. The molecule has 0 bridgehead atoms. The van der Waals surface area contributed by atoms with E-state index in [2.05, 4.69) is 4.98 Å². The van der Waals surface area contributed by atoms with Gasteiger partial charge < -0.3 is 0 Å². The number of pyridine rings is 1. The van der Waals surface area contributed by atoms with Crippen molar-refractivity contribution in [2.24, 2.45) is 0 Å². The lowest BCUT2D eigenvalue weighted by Gasteiger charge is -2.04. The first-order chi connectivity index (χ1) is 8.58. The molecule has 0 aliphatic heterocycles. The van der Waals surface area contributed by atoms with Crippen molar-refractivity contribution >= 4 is 17.4 Å². The molecule has 18 heavy (non-hydrogen) atoms. The quantitative estimate of drug-likeness (QED) is 0.792. The highest BCUT2D eigenvalue weighted by Crippen LogP contribution is 2.19. The summed E-state index contributed by atoms with van der Waals surface area (Å²) in [5.74, 6) is -0.708. The standard InChI is InChI=1S/C14H11ClFNO/c1-9-5-11(8-17-7-9)13(18)6-10-3-2-4-12(15)14(10)16/h2-5,7-8H,6H2,1H3. The molecular formula is C14H11ClFNO. The van der Waals surface area contributed by atoms with E-state index in [-0.39, 0.29) is 17.2 Å². The van der Waals surface area contributed by atoms with E-state index in [0.717, 1.165) is 5.56 Å². The van der Waals surface area contributed by atoms with Gasteiger partial charge in [0.05, 0.1) is 5.02 Å². The van der Waals surface area contributed by atoms with E-state index >= 15 is 0 Å². The Kier molecular flexibility index (Phi) is 3.72. The fourth-order valence-corrected chi connectivity index (χ4v) is 1.86. The van der Waals surface area contributed by atoms with Crippen LogP contribution in [0.15, 0.2) is 36.7 Å². The van der Waals surface area contributed by atoms with Crippen LogP contribution in [-0.2, 0) is 6.42 Å². The van der Waals surface area contributed by atoms with E-state index in [0.29, 0.717) is 11.1 Å². The van der Waals surface area contributed by atoms with E-state index in [1.807, 2.05) is 6.92 Å². The Balaban J connectivity index is 2.24. The Bertz CT molecular complexity index is 598. The molecule has 0 radical (unpaired) electrons. The van der Waals surface area contributed by atoms with Gasteiger partial charge in [-0.05, 0) is 30.2 Å². The number of nitrogens with zero attached hydrogens (tertiary/aromatic N) is 1. The van der Waals surface area contributed by atoms with Crippen molar-refractivity contribution in [1.29, 1.82) is 0 Å². The number of hydrogen-bond donors (Lipinski definition) is 0. The Morgan fingerprint density at radius 2 is 2.17 bits per heavy atom. The van der Waals surface area contributed by atoms with Crippen LogP contribution >= 0.6 is 11.6 Å². The number of ketones is 1. The first-order valence-corrected chi connectivity index (χ1v) is 5.83. The Morgan fingerprint density at radius 1 is 1.39 bits per heavy atom. The zero-order valence-corrected chi connectivity index (χ0v) is 10.5. The van der Waals surface area contributed by atoms with Gasteiger partial charge in [-0.25, -0.2) is 4.39 Å². The van der Waals surface area contributed by atoms with Gasteiger partial charge in [0.15, 0.2) is 5.78 Å². The molecule has 0 aliphatic rings. The summed E-state index contributed by atoms with van der Waals surface area (Å²) in [7, 11) is 0. The molecule has 0 amide bonds. The maximum absolute atomic E-state index is 13.7. The summed E-state index contributed by atoms with van der Waals surface area (Å²) < 4.78 is 13.7. The molecular weight excluding hydrogens is 253 g/mol. The van der Waals surface area contributed by atoms with Crippen LogP contribution in [0.25, 0.3) is 0 Å². The smallest absolute Gasteiger partial charge is 0.168 e. The van der Waals surface area contributed by atoms with Gasteiger partial charge in [0, 0.05) is 24.4 Å². The summed E-state index contributed by atoms with van der Waals surface area (Å²) in [5.41, 5.74) is 1.68. The average Bonchev–Trinajstić information content (AvgIpc) is 2.35. The van der Waals surface area contributed by atoms with Crippen LogP contribution in [0.2, 0.25) is 5.02 Å². The number of benzene rings is 1. The minimum atomic E-state index is -0.534. The van der Waals surface area contributed by atoms with Crippen molar-refractivity contribution in [2.45, 2.75) is 13.3 Å². The van der Waals surface area contributed by atoms with Gasteiger partial charge in [0.1, 0.15) is 5.82 Å². The van der Waals surface area contributed by atoms with E-state index < -0.39 is 5.82 Å². The second kappa shape index (κ2) is 5.27. The summed E-state index contributed by atoms with van der Waals surface area (Å²) in [6.45, 7) is 1.85. The van der Waals surface area contributed by atoms with Crippen LogP contribution in [-0.4, -0.2) is 10.8 Å². The highest BCUT2D eigenvalue weighted by atomic mass is 35.5. The van der Waals surface area contributed by atoms with Crippen molar-refractivity contribution in [3.05, 3.63) is 64.2 Å². The summed E-state index contributed by atoms with van der Waals surface area (Å²) in [5, 5.41) is 0.0302. The Labute approximate surface area is 109 Å². The molecule has 0 saturated heterocycles. The van der Waals surface area contributed by atoms with Gasteiger partial charge in [0.2, 0.25) is 0 Å². The van der Waals surface area contributed by atoms with Gasteiger partial charge in [-0.3, -0.25) is 9.78 Å². The van der Waals surface area contributed by atoms with Crippen molar-refractivity contribution in [2.75, 3.05) is 0 Å². The minimum absolute atomic E-state index is 0.0163. The number of Topliss-reactive ketones (excluding diaryl/α,β-unsaturated/α-hetero) is 1. The molecule has 0 aliphatic carbocycles. The number of aromatic nitrogens is 1. The summed E-state index contributed by atoms with van der Waals surface area (Å²) in [6, 6.07) is 6.38. The number of carbonyl (C=O) groups excluding carboxylic acids is 1. The molecule has 0 N–H and O–H groups in total. The number of aryl methyl sites for hydroxylation is 1. The maximum atomic E-state index is 13.7. The van der Waals surface area contributed by atoms with E-state index in [1.165, 1.54) is 12.3 Å². The van der Waals surface area contributed by atoms with Crippen LogP contribution in [0, 0.1) is 12.7 Å². The minimum Gasteiger partial charge on any atom is -0.294 e. The monoisotopic (exact) mass is 263 g/mol. The molecule has 0 fully saturated rings. The SMILES string of the molecule is Cc1cncc(C(=O)Cc2cccc(Cl)c2F)c1. The van der Waals surface area contributed by atoms with Crippen molar-refractivity contribution in [3.63, 3.8) is 0 Å². The molecule has 1 aromatic carbocycles. The molecule has 0 spiro atoms. The molecule has 2 aromatic rings. The lowest BCUT2D eigenvalue weighted by Crippen LogP contribution is -2.06. The zero-order valence-electron chi connectivity index (χ0n) is 9.78. The van der Waals surface area contributed by atoms with Crippen molar-refractivity contribution in [3.8, 4) is 0 Å². The molecule has 92 valence electrons. The number of carbonyl (C=O) groups is 1. The van der Waals surface area contributed by atoms with Crippen molar-refractivity contribution in [1.82, 2.24) is 4.98 Å². The second-order valence-electron chi connectivity index (χ2n) is 4.06. The lowest BCUT2D eigenvalue weighted by molar-refractivity contribution is 0.0991. The first kappa shape index (κ1) is 12.7. The fraction of sp³-hybridized carbons (Fsp3) is 0.143. The average molecular weight is 264 g/mol. The first-order valence-electron chi connectivity index (χ1n) is 5.45. The third kappa shape index (κ3) is 2.74. The lowest BCUT2D eigenvalue weighted by atomic mass is 10.0. The van der Waals surface area contributed by atoms with Crippen LogP contribution in [0.3, 0.4) is 0 Å². The third-order valence-electron chi connectivity index (χ3n) is 2.58. The molecule has 1 aromatic heterocycles. The van der Waals surface area contributed by atoms with E-state index in [4.69, 9.17) is 11.6 Å². The highest BCUT2D eigenvalue weighted by molar-refractivity contribution is 6.30. The molecule has 2 nitrogen and oxygen atoms in total. The number of hydrogen-bond acceptors (Lipinski definition) is 2. The topological polar surface area (TPSA) is 30.0 Å². The van der Waals surface area contributed by atoms with E-state index in [9.17, 15) is 9.18 Å². The molecule has 2 rings (SSSR count). The second-order valence-corrected chi connectivity index (χ2v) is 4.47. The fourth-order valence-electron chi connectivity index (χ4n) is 1.67. The summed E-state index contributed by atoms with van der Waals surface area (Å²) >= 11 is 5.67. The normalized spacial score (nSPS) is 10.4. The van der Waals surface area contributed by atoms with E-state index in [1.54, 1.807) is 24.4 Å². The Morgan fingerprint density at radius 3 is 2.89 bits per heavy atom. The number of rotatable bonds is 3. The van der Waals surface area contributed by atoms with Crippen LogP contribution in [0.4, 0.5) is 4.39 Å². The van der Waals surface area contributed by atoms with Crippen LogP contribution in [0.5, 0.6) is 0 Å². The third-order valence-corrected chi connectivity index (χ3v) is 2.87. The van der Waals surface area contributed by atoms with Crippen LogP contribution < -0.4 is 0 Å². The molecule has 4 heteroatoms. The van der Waals surface area contributed by atoms with Gasteiger partial charge in [-0.2, -0.15) is 0 Å². The molecule has 0 atom stereocenters. The maximum Gasteiger partial charge on any atom is 0.168 e. The predicted molar refractivity (Wildman–Crippen MR) is 68.4 cm³/mol. The zero-order chi connectivity index (χ0) is 13.1. The van der Waals surface area contributed by atoms with Crippen molar-refractivity contribution < 1.29 is 9.18 Å². The predicted octanol–water partition coefficient (Wildman–Crippen LogP) is 3.61. The van der Waals surface area contributed by atoms with Gasteiger partial charge in [-0.1, -0.05) is 23.7 Å². The van der Waals surface area contributed by atoms with Gasteiger partial charge >= 0.3 is 0 Å². The summed E-state index contributed by atoms with van der Waals surface area (Å²) in [4.78, 5) is 15.9. The van der Waals surface area contributed by atoms with Gasteiger partial charge in [0.25, 0.3) is 0 Å². The molecule has 0 unspecified atom stereocenters. The molecule has 1 heterocycles. The molecule has 0 saturated carbocycles. The summed E-state index contributed by atoms with van der Waals surface area (Å²) in [6.07, 6.45) is 3.13.